The fraction of sp³-hybridized carbons (Fsp3) is 0.316. The molecule has 0 saturated carbocycles. The number of methoxy groups -OCH3 is 1. The molecule has 24 heavy (non-hydrogen) atoms. The van der Waals surface area contributed by atoms with Crippen LogP contribution in [0, 0.1) is 0 Å². The second-order valence-corrected chi connectivity index (χ2v) is 6.29. The van der Waals surface area contributed by atoms with E-state index in [1.807, 2.05) is 48.5 Å². The molecule has 4 nitrogen and oxygen atoms in total. The van der Waals surface area contributed by atoms with E-state index in [9.17, 15) is 0 Å². The largest absolute Gasteiger partial charge is 0.497 e. The van der Waals surface area contributed by atoms with Gasteiger partial charge in [0.1, 0.15) is 12.4 Å². The molecule has 2 aromatic carbocycles. The summed E-state index contributed by atoms with van der Waals surface area (Å²) in [5.74, 6) is 2.41. The van der Waals surface area contributed by atoms with Crippen LogP contribution in [0.4, 0.5) is 0 Å². The summed E-state index contributed by atoms with van der Waals surface area (Å²) in [5, 5.41) is 3.35. The lowest BCUT2D eigenvalue weighted by molar-refractivity contribution is 0.0717. The molecule has 0 saturated heterocycles. The van der Waals surface area contributed by atoms with E-state index >= 15 is 0 Å². The highest BCUT2D eigenvalue weighted by molar-refractivity contribution is 7.80. The Hall–Kier alpha value is -2.27. The number of hydrogen-bond donors (Lipinski definition) is 1. The molecule has 1 heterocycles. The van der Waals surface area contributed by atoms with Crippen LogP contribution in [0.5, 0.6) is 17.2 Å². The highest BCUT2D eigenvalue weighted by Gasteiger charge is 2.26. The minimum atomic E-state index is -0.0804. The first-order chi connectivity index (χ1) is 11.7. The number of ether oxygens (including phenoxy) is 3. The van der Waals surface area contributed by atoms with E-state index in [1.165, 1.54) is 0 Å². The average molecular weight is 343 g/mol. The van der Waals surface area contributed by atoms with E-state index < -0.39 is 0 Å². The summed E-state index contributed by atoms with van der Waals surface area (Å²) >= 11 is 5.49. The molecule has 126 valence electrons. The van der Waals surface area contributed by atoms with Crippen molar-refractivity contribution in [1.29, 1.82) is 0 Å². The van der Waals surface area contributed by atoms with Crippen LogP contribution in [0.2, 0.25) is 0 Å². The van der Waals surface area contributed by atoms with Gasteiger partial charge in [0.15, 0.2) is 17.6 Å². The van der Waals surface area contributed by atoms with Crippen LogP contribution in [0.15, 0.2) is 48.5 Å². The fourth-order valence-corrected chi connectivity index (χ4v) is 3.00. The van der Waals surface area contributed by atoms with Crippen molar-refractivity contribution in [2.75, 3.05) is 13.7 Å². The van der Waals surface area contributed by atoms with Crippen molar-refractivity contribution in [3.05, 3.63) is 54.1 Å². The molecule has 0 aliphatic carbocycles. The first-order valence-corrected chi connectivity index (χ1v) is 8.37. The number of rotatable bonds is 5. The van der Waals surface area contributed by atoms with Crippen LogP contribution in [-0.4, -0.2) is 30.9 Å². The summed E-state index contributed by atoms with van der Waals surface area (Å²) in [4.78, 5) is 0.776. The average Bonchev–Trinajstić information content (AvgIpc) is 2.61. The predicted octanol–water partition coefficient (Wildman–Crippen LogP) is 3.38. The molecule has 3 rings (SSSR count). The summed E-state index contributed by atoms with van der Waals surface area (Å²) in [5.41, 5.74) is 1.12. The SMILES string of the molecule is COc1cccc(CC(=S)N[C@H](C)[C@@H]2COc3ccccc3O2)c1. The van der Waals surface area contributed by atoms with E-state index in [4.69, 9.17) is 26.4 Å². The first-order valence-electron chi connectivity index (χ1n) is 7.96. The molecule has 5 heteroatoms. The molecule has 0 bridgehead atoms. The van der Waals surface area contributed by atoms with E-state index in [2.05, 4.69) is 12.2 Å². The van der Waals surface area contributed by atoms with Crippen molar-refractivity contribution in [3.63, 3.8) is 0 Å². The van der Waals surface area contributed by atoms with Crippen molar-refractivity contribution < 1.29 is 14.2 Å². The van der Waals surface area contributed by atoms with Crippen molar-refractivity contribution in [2.24, 2.45) is 0 Å². The van der Waals surface area contributed by atoms with Crippen molar-refractivity contribution in [2.45, 2.75) is 25.5 Å². The van der Waals surface area contributed by atoms with Crippen LogP contribution >= 0.6 is 12.2 Å². The van der Waals surface area contributed by atoms with Gasteiger partial charge >= 0.3 is 0 Å². The third-order valence-corrected chi connectivity index (χ3v) is 4.24. The van der Waals surface area contributed by atoms with Gasteiger partial charge in [-0.25, -0.2) is 0 Å². The molecule has 0 spiro atoms. The van der Waals surface area contributed by atoms with Gasteiger partial charge in [0.05, 0.1) is 18.1 Å². The van der Waals surface area contributed by atoms with Gasteiger partial charge in [0, 0.05) is 6.42 Å². The van der Waals surface area contributed by atoms with Crippen LogP contribution in [-0.2, 0) is 6.42 Å². The monoisotopic (exact) mass is 343 g/mol. The van der Waals surface area contributed by atoms with Crippen LogP contribution in [0.3, 0.4) is 0 Å². The highest BCUT2D eigenvalue weighted by atomic mass is 32.1. The molecule has 0 aromatic heterocycles. The van der Waals surface area contributed by atoms with Gasteiger partial charge in [0.2, 0.25) is 0 Å². The van der Waals surface area contributed by atoms with Gasteiger partial charge in [0.25, 0.3) is 0 Å². The molecule has 0 fully saturated rings. The lowest BCUT2D eigenvalue weighted by Crippen LogP contribution is -2.48. The Morgan fingerprint density at radius 2 is 2.04 bits per heavy atom. The Balaban J connectivity index is 1.56. The van der Waals surface area contributed by atoms with E-state index in [1.54, 1.807) is 7.11 Å². The molecule has 1 aliphatic heterocycles. The first kappa shape index (κ1) is 16.6. The van der Waals surface area contributed by atoms with Crippen molar-refractivity contribution in [1.82, 2.24) is 5.32 Å². The molecule has 0 unspecified atom stereocenters. The number of para-hydroxylation sites is 2. The summed E-state index contributed by atoms with van der Waals surface area (Å²) in [7, 11) is 1.66. The molecule has 0 amide bonds. The zero-order chi connectivity index (χ0) is 16.9. The highest BCUT2D eigenvalue weighted by Crippen LogP contribution is 2.31. The molecule has 1 aliphatic rings. The van der Waals surface area contributed by atoms with E-state index in [0.717, 1.165) is 27.8 Å². The maximum Gasteiger partial charge on any atom is 0.161 e. The summed E-state index contributed by atoms with van der Waals surface area (Å²) in [6.45, 7) is 2.56. The lowest BCUT2D eigenvalue weighted by atomic mass is 10.1. The Kier molecular flexibility index (Phi) is 5.20. The molecule has 1 N–H and O–H groups in total. The second-order valence-electron chi connectivity index (χ2n) is 5.80. The van der Waals surface area contributed by atoms with Crippen molar-refractivity contribution >= 4 is 17.2 Å². The van der Waals surface area contributed by atoms with Gasteiger partial charge in [-0.15, -0.1) is 0 Å². The quantitative estimate of drug-likeness (QED) is 0.843. The maximum atomic E-state index is 6.01. The number of thiocarbonyl (C=S) groups is 1. The summed E-state index contributed by atoms with van der Waals surface area (Å²) in [6.07, 6.45) is 0.587. The zero-order valence-corrected chi connectivity index (χ0v) is 14.6. The fourth-order valence-electron chi connectivity index (χ4n) is 2.65. The van der Waals surface area contributed by atoms with Crippen LogP contribution < -0.4 is 19.5 Å². The third-order valence-electron chi connectivity index (χ3n) is 3.98. The second kappa shape index (κ2) is 7.53. The Morgan fingerprint density at radius 1 is 1.25 bits per heavy atom. The predicted molar refractivity (Wildman–Crippen MR) is 98.2 cm³/mol. The zero-order valence-electron chi connectivity index (χ0n) is 13.8. The van der Waals surface area contributed by atoms with Crippen LogP contribution in [0.1, 0.15) is 12.5 Å². The number of benzene rings is 2. The smallest absolute Gasteiger partial charge is 0.161 e. The van der Waals surface area contributed by atoms with Gasteiger partial charge < -0.3 is 19.5 Å². The number of fused-ring (bicyclic) bond motifs is 1. The third kappa shape index (κ3) is 3.97. The Morgan fingerprint density at radius 3 is 2.83 bits per heavy atom. The van der Waals surface area contributed by atoms with Crippen molar-refractivity contribution in [3.8, 4) is 17.2 Å². The van der Waals surface area contributed by atoms with Gasteiger partial charge in [-0.1, -0.05) is 36.5 Å². The summed E-state index contributed by atoms with van der Waals surface area (Å²) in [6, 6.07) is 15.7. The maximum absolute atomic E-state index is 6.01. The standard InChI is InChI=1S/C19H21NO3S/c1-13(18-12-22-16-8-3-4-9-17(16)23-18)20-19(24)11-14-6-5-7-15(10-14)21-2/h3-10,13,18H,11-12H2,1-2H3,(H,20,24)/t13-,18+/m1/s1. The van der Waals surface area contributed by atoms with Gasteiger partial charge in [-0.2, -0.15) is 0 Å². The molecule has 0 radical (unpaired) electrons. The minimum Gasteiger partial charge on any atom is -0.497 e. The van der Waals surface area contributed by atoms with Crippen LogP contribution in [0.25, 0.3) is 0 Å². The number of nitrogens with one attached hydrogen (secondary N) is 1. The van der Waals surface area contributed by atoms with Gasteiger partial charge in [-0.3, -0.25) is 0 Å². The Bertz CT molecular complexity index is 719. The number of hydrogen-bond acceptors (Lipinski definition) is 4. The van der Waals surface area contributed by atoms with E-state index in [0.29, 0.717) is 13.0 Å². The Labute approximate surface area is 147 Å². The molecule has 2 atom stereocenters. The normalized spacial score (nSPS) is 17.0. The molecular formula is C19H21NO3S. The molecular weight excluding hydrogens is 322 g/mol. The molecule has 2 aromatic rings. The van der Waals surface area contributed by atoms with Gasteiger partial charge in [-0.05, 0) is 36.8 Å². The lowest BCUT2D eigenvalue weighted by Gasteiger charge is -2.31. The minimum absolute atomic E-state index is 0.0523. The topological polar surface area (TPSA) is 39.7 Å². The van der Waals surface area contributed by atoms with E-state index in [-0.39, 0.29) is 12.1 Å². The summed E-state index contributed by atoms with van der Waals surface area (Å²) < 4.78 is 17.0.